The Labute approximate surface area is 138 Å². The highest BCUT2D eigenvalue weighted by atomic mass is 16.3. The quantitative estimate of drug-likeness (QED) is 0.698. The number of amides is 1. The monoisotopic (exact) mass is 323 g/mol. The van der Waals surface area contributed by atoms with Crippen molar-refractivity contribution < 1.29 is 15.0 Å². The lowest BCUT2D eigenvalue weighted by molar-refractivity contribution is 0.0995. The summed E-state index contributed by atoms with van der Waals surface area (Å²) in [6.45, 7) is 2.66. The van der Waals surface area contributed by atoms with Crippen LogP contribution >= 0.6 is 0 Å². The van der Waals surface area contributed by atoms with Crippen LogP contribution in [0.3, 0.4) is 0 Å². The summed E-state index contributed by atoms with van der Waals surface area (Å²) in [5.74, 6) is -0.467. The van der Waals surface area contributed by atoms with E-state index in [0.29, 0.717) is 12.1 Å². The van der Waals surface area contributed by atoms with E-state index in [4.69, 9.17) is 0 Å². The number of hydrogen-bond acceptors (Lipinski definition) is 4. The van der Waals surface area contributed by atoms with E-state index in [0.717, 1.165) is 17.3 Å². The maximum Gasteiger partial charge on any atom is 0.295 e. The molecule has 3 aromatic rings. The molecule has 2 N–H and O–H groups in total. The molecule has 0 unspecified atom stereocenters. The fourth-order valence-electron chi connectivity index (χ4n) is 2.58. The lowest BCUT2D eigenvalue weighted by Crippen LogP contribution is -1.94. The second kappa shape index (κ2) is 6.54. The molecule has 122 valence electrons. The van der Waals surface area contributed by atoms with Gasteiger partial charge in [0.15, 0.2) is 5.69 Å². The number of para-hydroxylation sites is 1. The molecule has 0 radical (unpaired) electrons. The van der Waals surface area contributed by atoms with E-state index in [1.54, 1.807) is 4.57 Å². The molecule has 24 heavy (non-hydrogen) atoms. The molecule has 6 heteroatoms. The van der Waals surface area contributed by atoms with Gasteiger partial charge in [-0.25, -0.2) is 0 Å². The number of azo groups is 1. The zero-order valence-electron chi connectivity index (χ0n) is 13.2. The Morgan fingerprint density at radius 3 is 2.50 bits per heavy atom. The number of nitrogens with zero attached hydrogens (tertiary/aromatic N) is 3. The molecule has 1 amide bonds. The second-order valence-corrected chi connectivity index (χ2v) is 5.39. The molecule has 1 heterocycles. The highest BCUT2D eigenvalue weighted by molar-refractivity contribution is 5.97. The van der Waals surface area contributed by atoms with Gasteiger partial charge in [-0.15, -0.1) is 10.2 Å². The van der Waals surface area contributed by atoms with Crippen LogP contribution < -0.4 is 0 Å². The lowest BCUT2D eigenvalue weighted by Gasteiger charge is -2.03. The van der Waals surface area contributed by atoms with Gasteiger partial charge >= 0.3 is 0 Å². The van der Waals surface area contributed by atoms with Crippen LogP contribution in [0.1, 0.15) is 23.7 Å². The molecule has 0 aliphatic carbocycles. The zero-order chi connectivity index (χ0) is 17.1. The fourth-order valence-corrected chi connectivity index (χ4v) is 2.58. The number of rotatable bonds is 4. The van der Waals surface area contributed by atoms with Gasteiger partial charge in [-0.1, -0.05) is 25.1 Å². The first-order valence-electron chi connectivity index (χ1n) is 7.67. The van der Waals surface area contributed by atoms with Crippen molar-refractivity contribution in [3.63, 3.8) is 0 Å². The van der Waals surface area contributed by atoms with E-state index >= 15 is 0 Å². The van der Waals surface area contributed by atoms with Crippen molar-refractivity contribution in [2.75, 3.05) is 0 Å². The van der Waals surface area contributed by atoms with Crippen molar-refractivity contribution in [3.05, 3.63) is 54.1 Å². The highest BCUT2D eigenvalue weighted by Crippen LogP contribution is 2.38. The maximum absolute atomic E-state index is 12.1. The summed E-state index contributed by atoms with van der Waals surface area (Å²) in [5.41, 5.74) is 1.45. The predicted octanol–water partition coefficient (Wildman–Crippen LogP) is 4.39. The Bertz CT molecular complexity index is 911. The van der Waals surface area contributed by atoms with Crippen LogP contribution in [0.4, 0.5) is 5.69 Å². The molecule has 0 spiro atoms. The maximum atomic E-state index is 12.1. The minimum Gasteiger partial charge on any atom is -0.508 e. The van der Waals surface area contributed by atoms with E-state index < -0.39 is 5.91 Å². The number of aromatic hydroxyl groups is 2. The van der Waals surface area contributed by atoms with Gasteiger partial charge in [0.05, 0.1) is 5.52 Å². The third-order valence-electron chi connectivity index (χ3n) is 3.72. The molecule has 1 aromatic heterocycles. The van der Waals surface area contributed by atoms with Crippen molar-refractivity contribution in [3.8, 4) is 11.6 Å². The van der Waals surface area contributed by atoms with Gasteiger partial charge in [0.25, 0.3) is 5.91 Å². The first kappa shape index (κ1) is 15.7. The molecular formula is C18H17N3O3. The molecule has 6 nitrogen and oxygen atoms in total. The highest BCUT2D eigenvalue weighted by Gasteiger charge is 2.16. The summed E-state index contributed by atoms with van der Waals surface area (Å²) in [4.78, 5) is 12.1. The predicted molar refractivity (Wildman–Crippen MR) is 90.8 cm³/mol. The number of aryl methyl sites for hydroxylation is 1. The van der Waals surface area contributed by atoms with Gasteiger partial charge in [-0.3, -0.25) is 4.79 Å². The third-order valence-corrected chi connectivity index (χ3v) is 3.72. The van der Waals surface area contributed by atoms with E-state index in [-0.39, 0.29) is 17.3 Å². The smallest absolute Gasteiger partial charge is 0.295 e. The van der Waals surface area contributed by atoms with Crippen molar-refractivity contribution in [2.24, 2.45) is 10.2 Å². The molecule has 0 saturated heterocycles. The first-order valence-corrected chi connectivity index (χ1v) is 7.67. The first-order chi connectivity index (χ1) is 11.6. The Hall–Kier alpha value is -3.15. The van der Waals surface area contributed by atoms with Gasteiger partial charge in [0, 0.05) is 17.5 Å². The third kappa shape index (κ3) is 2.86. The van der Waals surface area contributed by atoms with E-state index in [2.05, 4.69) is 10.2 Å². The van der Waals surface area contributed by atoms with E-state index in [9.17, 15) is 15.0 Å². The molecule has 0 aliphatic heterocycles. The van der Waals surface area contributed by atoms with Gasteiger partial charge in [-0.2, -0.15) is 0 Å². The molecular weight excluding hydrogens is 306 g/mol. The number of aromatic nitrogens is 1. The topological polar surface area (TPSA) is 87.2 Å². The van der Waals surface area contributed by atoms with Crippen LogP contribution in [-0.4, -0.2) is 20.7 Å². The normalized spacial score (nSPS) is 11.4. The summed E-state index contributed by atoms with van der Waals surface area (Å²) >= 11 is 0. The van der Waals surface area contributed by atoms with Gasteiger partial charge < -0.3 is 14.8 Å². The standard InChI is InChI=1S/C18H17N3O3/c1-2-11-21-15-6-4-3-5-14(15)16(18(21)24)19-20-17(23)12-7-9-13(22)10-8-12/h3-10,22,24H,2,11H2,1H3. The lowest BCUT2D eigenvalue weighted by atomic mass is 10.2. The van der Waals surface area contributed by atoms with Crippen molar-refractivity contribution in [1.82, 2.24) is 4.57 Å². The number of carbonyl (C=O) groups excluding carboxylic acids is 1. The molecule has 0 atom stereocenters. The van der Waals surface area contributed by atoms with Crippen molar-refractivity contribution >= 4 is 22.5 Å². The Kier molecular flexibility index (Phi) is 4.29. The summed E-state index contributed by atoms with van der Waals surface area (Å²) in [6.07, 6.45) is 0.856. The van der Waals surface area contributed by atoms with E-state index in [1.807, 2.05) is 31.2 Å². The van der Waals surface area contributed by atoms with Crippen LogP contribution in [0, 0.1) is 0 Å². The van der Waals surface area contributed by atoms with Crippen LogP contribution in [0.25, 0.3) is 10.9 Å². The van der Waals surface area contributed by atoms with Gasteiger partial charge in [0.1, 0.15) is 5.75 Å². The van der Waals surface area contributed by atoms with Crippen LogP contribution in [0.2, 0.25) is 0 Å². The summed E-state index contributed by atoms with van der Waals surface area (Å²) in [7, 11) is 0. The number of phenols is 1. The summed E-state index contributed by atoms with van der Waals surface area (Å²) < 4.78 is 1.76. The summed E-state index contributed by atoms with van der Waals surface area (Å²) in [5, 5.41) is 28.1. The van der Waals surface area contributed by atoms with Crippen LogP contribution in [0.5, 0.6) is 11.6 Å². The Balaban J connectivity index is 1.99. The molecule has 0 aliphatic rings. The number of benzene rings is 2. The van der Waals surface area contributed by atoms with Gasteiger partial charge in [-0.05, 0) is 36.8 Å². The average Bonchev–Trinajstić information content (AvgIpc) is 2.86. The largest absolute Gasteiger partial charge is 0.508 e. The molecule has 0 saturated carbocycles. The molecule has 0 fully saturated rings. The molecule has 2 aromatic carbocycles. The summed E-state index contributed by atoms with van der Waals surface area (Å²) in [6, 6.07) is 13.2. The average molecular weight is 323 g/mol. The Morgan fingerprint density at radius 1 is 1.08 bits per heavy atom. The second-order valence-electron chi connectivity index (χ2n) is 5.39. The Morgan fingerprint density at radius 2 is 1.79 bits per heavy atom. The number of fused-ring (bicyclic) bond motifs is 1. The van der Waals surface area contributed by atoms with Crippen molar-refractivity contribution in [2.45, 2.75) is 19.9 Å². The SMILES string of the molecule is CCCn1c(O)c(N=NC(=O)c2ccc(O)cc2)c2ccccc21. The number of hydrogen-bond donors (Lipinski definition) is 2. The van der Waals surface area contributed by atoms with Gasteiger partial charge in [0.2, 0.25) is 5.88 Å². The van der Waals surface area contributed by atoms with Crippen LogP contribution in [0.15, 0.2) is 58.8 Å². The van der Waals surface area contributed by atoms with Crippen molar-refractivity contribution in [1.29, 1.82) is 0 Å². The van der Waals surface area contributed by atoms with Crippen LogP contribution in [-0.2, 0) is 6.54 Å². The molecule has 0 bridgehead atoms. The minimum atomic E-state index is -0.540. The zero-order valence-corrected chi connectivity index (χ0v) is 13.2. The fraction of sp³-hybridized carbons (Fsp3) is 0.167. The number of phenolic OH excluding ortho intramolecular Hbond substituents is 1. The minimum absolute atomic E-state index is 0.000283. The number of carbonyl (C=O) groups is 1. The van der Waals surface area contributed by atoms with E-state index in [1.165, 1.54) is 24.3 Å². The molecule has 3 rings (SSSR count).